The molecule has 0 fully saturated rings. The fraction of sp³-hybridized carbons (Fsp3) is 0.143. The standard InChI is InChI=1S/C14H14BrNO2S/c1-18-13-7-6-10(8-12(13)16)9-19(17)14-5-3-2-4-11(14)15/h2-8H,9,16H2,1H3. The van der Waals surface area contributed by atoms with Gasteiger partial charge in [0.2, 0.25) is 0 Å². The fourth-order valence-electron chi connectivity index (χ4n) is 1.73. The van der Waals surface area contributed by atoms with E-state index in [0.717, 1.165) is 14.9 Å². The maximum absolute atomic E-state index is 12.3. The number of nitrogen functional groups attached to an aromatic ring is 1. The lowest BCUT2D eigenvalue weighted by Crippen LogP contribution is -1.99. The number of benzene rings is 2. The molecule has 0 aliphatic rings. The first kappa shape index (κ1) is 14.1. The Morgan fingerprint density at radius 3 is 2.63 bits per heavy atom. The first-order valence-corrected chi connectivity index (χ1v) is 7.78. The van der Waals surface area contributed by atoms with Crippen LogP contribution >= 0.6 is 15.9 Å². The zero-order valence-electron chi connectivity index (χ0n) is 10.4. The topological polar surface area (TPSA) is 52.3 Å². The molecule has 0 heterocycles. The summed E-state index contributed by atoms with van der Waals surface area (Å²) in [6.45, 7) is 0. The monoisotopic (exact) mass is 339 g/mol. The molecule has 0 bridgehead atoms. The van der Waals surface area contributed by atoms with E-state index in [1.807, 2.05) is 30.3 Å². The largest absolute Gasteiger partial charge is 0.495 e. The summed E-state index contributed by atoms with van der Waals surface area (Å²) in [7, 11) is 0.468. The van der Waals surface area contributed by atoms with E-state index in [4.69, 9.17) is 10.5 Å². The van der Waals surface area contributed by atoms with Gasteiger partial charge in [0.15, 0.2) is 0 Å². The van der Waals surface area contributed by atoms with Crippen molar-refractivity contribution in [3.63, 3.8) is 0 Å². The third-order valence-corrected chi connectivity index (χ3v) is 5.07. The number of ether oxygens (including phenoxy) is 1. The Hall–Kier alpha value is -1.33. The molecule has 0 spiro atoms. The summed E-state index contributed by atoms with van der Waals surface area (Å²) in [5, 5.41) is 0. The molecule has 0 aliphatic carbocycles. The molecule has 2 aromatic rings. The Bertz CT molecular complexity index is 616. The average Bonchev–Trinajstić information content (AvgIpc) is 2.39. The van der Waals surface area contributed by atoms with Gasteiger partial charge in [0.05, 0.1) is 34.2 Å². The van der Waals surface area contributed by atoms with Gasteiger partial charge in [-0.05, 0) is 45.8 Å². The van der Waals surface area contributed by atoms with E-state index >= 15 is 0 Å². The van der Waals surface area contributed by atoms with Crippen molar-refractivity contribution in [3.8, 4) is 5.75 Å². The van der Waals surface area contributed by atoms with Crippen LogP contribution in [0.1, 0.15) is 5.56 Å². The summed E-state index contributed by atoms with van der Waals surface area (Å²) in [5.74, 6) is 1.06. The Morgan fingerprint density at radius 1 is 1.26 bits per heavy atom. The van der Waals surface area contributed by atoms with Gasteiger partial charge in [0, 0.05) is 4.47 Å². The highest BCUT2D eigenvalue weighted by Crippen LogP contribution is 2.25. The molecule has 0 radical (unpaired) electrons. The van der Waals surface area contributed by atoms with Crippen molar-refractivity contribution in [2.24, 2.45) is 0 Å². The molecule has 2 aromatic carbocycles. The molecule has 2 N–H and O–H groups in total. The molecular formula is C14H14BrNO2S. The summed E-state index contributed by atoms with van der Waals surface area (Å²) in [6, 6.07) is 13.0. The maximum Gasteiger partial charge on any atom is 0.141 e. The second-order valence-corrected chi connectivity index (χ2v) is 6.27. The molecule has 0 amide bonds. The molecule has 0 aromatic heterocycles. The van der Waals surface area contributed by atoms with Crippen LogP contribution in [0.3, 0.4) is 0 Å². The highest BCUT2D eigenvalue weighted by molar-refractivity contribution is 9.10. The normalized spacial score (nSPS) is 12.1. The highest BCUT2D eigenvalue weighted by atomic mass is 79.9. The maximum atomic E-state index is 12.3. The number of nitrogens with two attached hydrogens (primary N) is 1. The zero-order chi connectivity index (χ0) is 13.8. The van der Waals surface area contributed by atoms with E-state index in [0.29, 0.717) is 17.2 Å². The first-order valence-electron chi connectivity index (χ1n) is 5.67. The average molecular weight is 340 g/mol. The van der Waals surface area contributed by atoms with E-state index in [1.165, 1.54) is 0 Å². The molecule has 3 nitrogen and oxygen atoms in total. The molecule has 5 heteroatoms. The van der Waals surface area contributed by atoms with Crippen LogP contribution in [0.15, 0.2) is 51.8 Å². The lowest BCUT2D eigenvalue weighted by atomic mass is 10.2. The molecule has 1 unspecified atom stereocenters. The number of halogens is 1. The zero-order valence-corrected chi connectivity index (χ0v) is 12.8. The van der Waals surface area contributed by atoms with Gasteiger partial charge in [0.25, 0.3) is 0 Å². The van der Waals surface area contributed by atoms with Crippen LogP contribution in [-0.4, -0.2) is 11.3 Å². The van der Waals surface area contributed by atoms with Crippen LogP contribution < -0.4 is 10.5 Å². The Labute approximate surface area is 123 Å². The second kappa shape index (κ2) is 6.21. The Morgan fingerprint density at radius 2 is 2.00 bits per heavy atom. The molecular weight excluding hydrogens is 326 g/mol. The number of anilines is 1. The molecule has 0 saturated heterocycles. The minimum atomic E-state index is -1.11. The van der Waals surface area contributed by atoms with Gasteiger partial charge in [0.1, 0.15) is 5.75 Å². The van der Waals surface area contributed by atoms with Gasteiger partial charge < -0.3 is 10.5 Å². The summed E-state index contributed by atoms with van der Waals surface area (Å²) >= 11 is 3.41. The molecule has 0 saturated carbocycles. The molecule has 19 heavy (non-hydrogen) atoms. The summed E-state index contributed by atoms with van der Waals surface area (Å²) in [6.07, 6.45) is 0. The molecule has 0 aliphatic heterocycles. The van der Waals surface area contributed by atoms with Crippen molar-refractivity contribution >= 4 is 32.4 Å². The van der Waals surface area contributed by atoms with E-state index < -0.39 is 10.8 Å². The van der Waals surface area contributed by atoms with Crippen molar-refractivity contribution in [1.82, 2.24) is 0 Å². The minimum absolute atomic E-state index is 0.427. The quantitative estimate of drug-likeness (QED) is 0.869. The molecule has 2 rings (SSSR count). The third-order valence-electron chi connectivity index (χ3n) is 2.67. The van der Waals surface area contributed by atoms with Crippen LogP contribution in [0.25, 0.3) is 0 Å². The van der Waals surface area contributed by atoms with Crippen molar-refractivity contribution in [2.75, 3.05) is 12.8 Å². The lowest BCUT2D eigenvalue weighted by molar-refractivity contribution is 0.417. The molecule has 100 valence electrons. The van der Waals surface area contributed by atoms with E-state index in [1.54, 1.807) is 19.2 Å². The van der Waals surface area contributed by atoms with Gasteiger partial charge in [-0.25, -0.2) is 0 Å². The lowest BCUT2D eigenvalue weighted by Gasteiger charge is -2.08. The predicted molar refractivity (Wildman–Crippen MR) is 81.7 cm³/mol. The minimum Gasteiger partial charge on any atom is -0.495 e. The van der Waals surface area contributed by atoms with Crippen molar-refractivity contribution in [3.05, 3.63) is 52.5 Å². The van der Waals surface area contributed by atoms with Gasteiger partial charge in [-0.1, -0.05) is 18.2 Å². The van der Waals surface area contributed by atoms with Crippen molar-refractivity contribution in [2.45, 2.75) is 10.6 Å². The van der Waals surface area contributed by atoms with Crippen molar-refractivity contribution in [1.29, 1.82) is 0 Å². The highest BCUT2D eigenvalue weighted by Gasteiger charge is 2.09. The Kier molecular flexibility index (Phi) is 4.61. The van der Waals surface area contributed by atoms with Gasteiger partial charge in [-0.3, -0.25) is 4.21 Å². The van der Waals surface area contributed by atoms with Crippen LogP contribution in [-0.2, 0) is 16.6 Å². The predicted octanol–water partition coefficient (Wildman–Crippen LogP) is 3.35. The molecule has 1 atom stereocenters. The summed E-state index contributed by atoms with van der Waals surface area (Å²) in [5.41, 5.74) is 7.33. The Balaban J connectivity index is 2.20. The van der Waals surface area contributed by atoms with Crippen LogP contribution in [0.4, 0.5) is 5.69 Å². The smallest absolute Gasteiger partial charge is 0.141 e. The van der Waals surface area contributed by atoms with Crippen LogP contribution in [0, 0.1) is 0 Å². The van der Waals surface area contributed by atoms with E-state index in [-0.39, 0.29) is 0 Å². The first-order chi connectivity index (χ1) is 9.11. The SMILES string of the molecule is COc1ccc(CS(=O)c2ccccc2Br)cc1N. The van der Waals surface area contributed by atoms with Crippen molar-refractivity contribution < 1.29 is 8.95 Å². The number of methoxy groups -OCH3 is 1. The summed E-state index contributed by atoms with van der Waals surface area (Å²) in [4.78, 5) is 0.789. The van der Waals surface area contributed by atoms with Gasteiger partial charge in [-0.15, -0.1) is 0 Å². The third kappa shape index (κ3) is 3.36. The number of rotatable bonds is 4. The van der Waals surface area contributed by atoms with Crippen LogP contribution in [0.5, 0.6) is 5.75 Å². The summed E-state index contributed by atoms with van der Waals surface area (Å²) < 4.78 is 18.3. The fourth-order valence-corrected chi connectivity index (χ4v) is 3.71. The number of hydrogen-bond acceptors (Lipinski definition) is 3. The van der Waals surface area contributed by atoms with E-state index in [9.17, 15) is 4.21 Å². The van der Waals surface area contributed by atoms with Crippen LogP contribution in [0.2, 0.25) is 0 Å². The second-order valence-electron chi connectivity index (χ2n) is 4.00. The van der Waals surface area contributed by atoms with E-state index in [2.05, 4.69) is 15.9 Å². The van der Waals surface area contributed by atoms with Gasteiger partial charge in [-0.2, -0.15) is 0 Å². The van der Waals surface area contributed by atoms with Gasteiger partial charge >= 0.3 is 0 Å². The number of hydrogen-bond donors (Lipinski definition) is 1.